The molecule has 1 aliphatic rings. The highest BCUT2D eigenvalue weighted by molar-refractivity contribution is 5.94. The van der Waals surface area contributed by atoms with E-state index in [1.807, 2.05) is 34.9 Å². The van der Waals surface area contributed by atoms with Gasteiger partial charge in [0, 0.05) is 18.0 Å². The number of carbonyl (C=O) groups is 2. The number of hydrogen-bond acceptors (Lipinski definition) is 3. The van der Waals surface area contributed by atoms with E-state index in [0.29, 0.717) is 5.82 Å². The van der Waals surface area contributed by atoms with Crippen LogP contribution in [0.4, 0.5) is 5.82 Å². The van der Waals surface area contributed by atoms with E-state index in [0.717, 1.165) is 16.9 Å². The van der Waals surface area contributed by atoms with Crippen LogP contribution in [-0.4, -0.2) is 26.5 Å². The van der Waals surface area contributed by atoms with Crippen molar-refractivity contribution in [3.05, 3.63) is 77.7 Å². The van der Waals surface area contributed by atoms with Gasteiger partial charge in [-0.05, 0) is 29.8 Å². The summed E-state index contributed by atoms with van der Waals surface area (Å²) in [5.41, 5.74) is 2.79. The van der Waals surface area contributed by atoms with Crippen LogP contribution in [0, 0.1) is 0 Å². The maximum Gasteiger partial charge on any atom is 0.335 e. The average Bonchev–Trinajstić information content (AvgIpc) is 3.05. The molecule has 124 valence electrons. The van der Waals surface area contributed by atoms with Crippen LogP contribution in [0.2, 0.25) is 0 Å². The van der Waals surface area contributed by atoms with Gasteiger partial charge in [0.2, 0.25) is 5.91 Å². The SMILES string of the molecule is O=C1C[C@@H](c2ccc(C(=O)O)cc2)c2ncn(-c3ccccc3)c2N1. The zero-order valence-corrected chi connectivity index (χ0v) is 13.2. The predicted molar refractivity (Wildman–Crippen MR) is 92.1 cm³/mol. The summed E-state index contributed by atoms with van der Waals surface area (Å²) in [5, 5.41) is 11.9. The molecule has 0 unspecified atom stereocenters. The van der Waals surface area contributed by atoms with Crippen LogP contribution in [0.5, 0.6) is 0 Å². The third kappa shape index (κ3) is 2.67. The van der Waals surface area contributed by atoms with Crippen molar-refractivity contribution >= 4 is 17.7 Å². The third-order valence-electron chi connectivity index (χ3n) is 4.37. The summed E-state index contributed by atoms with van der Waals surface area (Å²) in [7, 11) is 0. The predicted octanol–water partition coefficient (Wildman–Crippen LogP) is 3.04. The van der Waals surface area contributed by atoms with Crippen LogP contribution in [-0.2, 0) is 4.79 Å². The summed E-state index contributed by atoms with van der Waals surface area (Å²) in [6.07, 6.45) is 1.98. The van der Waals surface area contributed by atoms with Gasteiger partial charge in [-0.2, -0.15) is 0 Å². The van der Waals surface area contributed by atoms with Gasteiger partial charge in [0.15, 0.2) is 0 Å². The molecule has 1 atom stereocenters. The second-order valence-corrected chi connectivity index (χ2v) is 5.92. The van der Waals surface area contributed by atoms with Crippen LogP contribution >= 0.6 is 0 Å². The minimum atomic E-state index is -0.970. The Labute approximate surface area is 143 Å². The van der Waals surface area contributed by atoms with Gasteiger partial charge in [-0.15, -0.1) is 0 Å². The van der Waals surface area contributed by atoms with E-state index in [-0.39, 0.29) is 23.8 Å². The topological polar surface area (TPSA) is 84.2 Å². The second-order valence-electron chi connectivity index (χ2n) is 5.92. The maximum absolute atomic E-state index is 12.2. The molecule has 4 rings (SSSR count). The lowest BCUT2D eigenvalue weighted by Gasteiger charge is -2.23. The van der Waals surface area contributed by atoms with Crippen molar-refractivity contribution in [3.63, 3.8) is 0 Å². The molecule has 0 fully saturated rings. The van der Waals surface area contributed by atoms with Crippen molar-refractivity contribution in [1.82, 2.24) is 9.55 Å². The Balaban J connectivity index is 1.77. The van der Waals surface area contributed by atoms with E-state index in [1.165, 1.54) is 0 Å². The number of imidazole rings is 1. The quantitative estimate of drug-likeness (QED) is 0.771. The first-order valence-electron chi connectivity index (χ1n) is 7.89. The highest BCUT2D eigenvalue weighted by Gasteiger charge is 2.31. The van der Waals surface area contributed by atoms with Gasteiger partial charge < -0.3 is 10.4 Å². The van der Waals surface area contributed by atoms with Crippen LogP contribution in [0.15, 0.2) is 60.9 Å². The average molecular weight is 333 g/mol. The number of benzene rings is 2. The van der Waals surface area contributed by atoms with Gasteiger partial charge in [0.25, 0.3) is 0 Å². The minimum absolute atomic E-state index is 0.0857. The fourth-order valence-corrected chi connectivity index (χ4v) is 3.12. The number of hydrogen-bond donors (Lipinski definition) is 2. The molecule has 6 heteroatoms. The number of fused-ring (bicyclic) bond motifs is 1. The lowest BCUT2D eigenvalue weighted by molar-refractivity contribution is -0.116. The second kappa shape index (κ2) is 5.90. The van der Waals surface area contributed by atoms with Gasteiger partial charge in [-0.3, -0.25) is 9.36 Å². The molecule has 0 saturated heterocycles. The van der Waals surface area contributed by atoms with Gasteiger partial charge in [-0.25, -0.2) is 9.78 Å². The highest BCUT2D eigenvalue weighted by Crippen LogP contribution is 2.37. The van der Waals surface area contributed by atoms with Crippen molar-refractivity contribution in [3.8, 4) is 5.69 Å². The molecule has 0 spiro atoms. The first-order chi connectivity index (χ1) is 12.1. The van der Waals surface area contributed by atoms with Gasteiger partial charge in [0.05, 0.1) is 11.3 Å². The van der Waals surface area contributed by atoms with E-state index in [9.17, 15) is 9.59 Å². The summed E-state index contributed by atoms with van der Waals surface area (Å²) in [4.78, 5) is 27.8. The number of aromatic carboxylic acids is 1. The largest absolute Gasteiger partial charge is 0.478 e. The number of anilines is 1. The van der Waals surface area contributed by atoms with Crippen LogP contribution in [0.25, 0.3) is 5.69 Å². The zero-order valence-electron chi connectivity index (χ0n) is 13.2. The van der Waals surface area contributed by atoms with Gasteiger partial charge in [-0.1, -0.05) is 30.3 Å². The lowest BCUT2D eigenvalue weighted by Crippen LogP contribution is -2.24. The fraction of sp³-hybridized carbons (Fsp3) is 0.105. The smallest absolute Gasteiger partial charge is 0.335 e. The zero-order chi connectivity index (χ0) is 17.4. The Kier molecular flexibility index (Phi) is 3.57. The van der Waals surface area contributed by atoms with E-state index in [1.54, 1.807) is 30.6 Å². The van der Waals surface area contributed by atoms with E-state index in [4.69, 9.17) is 5.11 Å². The number of carboxylic acids is 1. The Morgan fingerprint density at radius 2 is 1.84 bits per heavy atom. The van der Waals surface area contributed by atoms with Crippen LogP contribution in [0.1, 0.15) is 34.0 Å². The first-order valence-corrected chi connectivity index (χ1v) is 7.89. The highest BCUT2D eigenvalue weighted by atomic mass is 16.4. The monoisotopic (exact) mass is 333 g/mol. The molecule has 0 bridgehead atoms. The van der Waals surface area contributed by atoms with Crippen molar-refractivity contribution in [2.75, 3.05) is 5.32 Å². The molecule has 25 heavy (non-hydrogen) atoms. The number of carbonyl (C=O) groups excluding carboxylic acids is 1. The van der Waals surface area contributed by atoms with E-state index >= 15 is 0 Å². The maximum atomic E-state index is 12.2. The lowest BCUT2D eigenvalue weighted by atomic mass is 9.89. The standard InChI is InChI=1S/C19H15N3O3/c23-16-10-15(12-6-8-13(9-7-12)19(24)25)17-18(21-16)22(11-20-17)14-4-2-1-3-5-14/h1-9,11,15H,10H2,(H,21,23)(H,24,25)/t15-/m0/s1. The Morgan fingerprint density at radius 3 is 2.52 bits per heavy atom. The number of aromatic nitrogens is 2. The summed E-state index contributed by atoms with van der Waals surface area (Å²) in [6.45, 7) is 0. The normalized spacial score (nSPS) is 16.2. The molecule has 0 saturated carbocycles. The molecule has 2 aromatic carbocycles. The van der Waals surface area contributed by atoms with Crippen molar-refractivity contribution < 1.29 is 14.7 Å². The Morgan fingerprint density at radius 1 is 1.12 bits per heavy atom. The molecule has 1 aromatic heterocycles. The molecule has 1 amide bonds. The summed E-state index contributed by atoms with van der Waals surface area (Å²) in [6, 6.07) is 16.3. The van der Waals surface area contributed by atoms with Crippen molar-refractivity contribution in [2.45, 2.75) is 12.3 Å². The molecular formula is C19H15N3O3. The summed E-state index contributed by atoms with van der Waals surface area (Å²) >= 11 is 0. The molecule has 0 radical (unpaired) electrons. The summed E-state index contributed by atoms with van der Waals surface area (Å²) < 4.78 is 1.85. The third-order valence-corrected chi connectivity index (χ3v) is 4.37. The molecule has 6 nitrogen and oxygen atoms in total. The van der Waals surface area contributed by atoms with Crippen molar-refractivity contribution in [2.24, 2.45) is 0 Å². The number of rotatable bonds is 3. The van der Waals surface area contributed by atoms with E-state index in [2.05, 4.69) is 10.3 Å². The van der Waals surface area contributed by atoms with Crippen molar-refractivity contribution in [1.29, 1.82) is 0 Å². The number of amides is 1. The molecule has 3 aromatic rings. The molecule has 0 aliphatic carbocycles. The molecule has 1 aliphatic heterocycles. The number of carboxylic acid groups (broad SMARTS) is 1. The Hall–Kier alpha value is -3.41. The summed E-state index contributed by atoms with van der Waals surface area (Å²) in [5.74, 6) is -0.592. The van der Waals surface area contributed by atoms with Crippen LogP contribution in [0.3, 0.4) is 0 Å². The van der Waals surface area contributed by atoms with Crippen LogP contribution < -0.4 is 5.32 Å². The van der Waals surface area contributed by atoms with E-state index < -0.39 is 5.97 Å². The molecule has 2 N–H and O–H groups in total. The Bertz CT molecular complexity index is 946. The molecule has 2 heterocycles. The number of nitrogens with one attached hydrogen (secondary N) is 1. The first kappa shape index (κ1) is 15.1. The van der Waals surface area contributed by atoms with Gasteiger partial charge >= 0.3 is 5.97 Å². The number of nitrogens with zero attached hydrogens (tertiary/aromatic N) is 2. The van der Waals surface area contributed by atoms with Gasteiger partial charge in [0.1, 0.15) is 12.1 Å². The fourth-order valence-electron chi connectivity index (χ4n) is 3.12. The minimum Gasteiger partial charge on any atom is -0.478 e. The number of para-hydroxylation sites is 1. The molecular weight excluding hydrogens is 318 g/mol.